The summed E-state index contributed by atoms with van der Waals surface area (Å²) in [5.41, 5.74) is 1.80. The minimum absolute atomic E-state index is 0.0154. The molecule has 0 bridgehead atoms. The van der Waals surface area contributed by atoms with Gasteiger partial charge in [0.1, 0.15) is 0 Å². The number of benzene rings is 2. The highest BCUT2D eigenvalue weighted by atomic mass is 35.5. The molecule has 0 unspecified atom stereocenters. The molecule has 0 aliphatic rings. The van der Waals surface area contributed by atoms with Gasteiger partial charge in [0, 0.05) is 23.3 Å². The Morgan fingerprint density at radius 1 is 1.04 bits per heavy atom. The molecule has 9 heteroatoms. The van der Waals surface area contributed by atoms with Gasteiger partial charge in [-0.3, -0.25) is 9.59 Å². The van der Waals surface area contributed by atoms with E-state index in [9.17, 15) is 18.0 Å². The van der Waals surface area contributed by atoms with Crippen molar-refractivity contribution in [3.05, 3.63) is 53.1 Å². The molecule has 0 radical (unpaired) electrons. The van der Waals surface area contributed by atoms with E-state index < -0.39 is 22.5 Å². The number of nitrogens with one attached hydrogen (secondary N) is 3. The number of aryl methyl sites for hydroxylation is 1. The SMILES string of the molecule is CC(=O)Nc1ccc(S(=O)(=O)NCC(=O)Nc2cc(Cl)ccc2C)cc1. The van der Waals surface area contributed by atoms with E-state index in [1.807, 2.05) is 0 Å². The highest BCUT2D eigenvalue weighted by molar-refractivity contribution is 7.89. The first kappa shape index (κ1) is 19.9. The van der Waals surface area contributed by atoms with Gasteiger partial charge in [0.2, 0.25) is 21.8 Å². The topological polar surface area (TPSA) is 104 Å². The van der Waals surface area contributed by atoms with Crippen molar-refractivity contribution >= 4 is 44.8 Å². The maximum Gasteiger partial charge on any atom is 0.241 e. The van der Waals surface area contributed by atoms with Gasteiger partial charge in [-0.1, -0.05) is 17.7 Å². The Bertz CT molecular complexity index is 928. The van der Waals surface area contributed by atoms with Crippen LogP contribution >= 0.6 is 11.6 Å². The van der Waals surface area contributed by atoms with Crippen LogP contribution in [0.2, 0.25) is 5.02 Å². The number of carbonyl (C=O) groups excluding carboxylic acids is 2. The largest absolute Gasteiger partial charge is 0.326 e. The number of rotatable bonds is 6. The fraction of sp³-hybridized carbons (Fsp3) is 0.176. The fourth-order valence-corrected chi connectivity index (χ4v) is 3.24. The zero-order chi connectivity index (χ0) is 19.3. The molecule has 0 atom stereocenters. The molecule has 138 valence electrons. The second-order valence-electron chi connectivity index (χ2n) is 5.54. The summed E-state index contributed by atoms with van der Waals surface area (Å²) < 4.78 is 26.7. The number of hydrogen-bond donors (Lipinski definition) is 3. The molecule has 2 rings (SSSR count). The van der Waals surface area contributed by atoms with Gasteiger partial charge in [0.05, 0.1) is 11.4 Å². The molecule has 0 heterocycles. The van der Waals surface area contributed by atoms with Gasteiger partial charge in [-0.15, -0.1) is 0 Å². The number of anilines is 2. The maximum atomic E-state index is 12.2. The van der Waals surface area contributed by atoms with Crippen LogP contribution in [0.4, 0.5) is 11.4 Å². The van der Waals surface area contributed by atoms with Crippen LogP contribution in [0, 0.1) is 6.92 Å². The molecule has 0 aromatic heterocycles. The van der Waals surface area contributed by atoms with Gasteiger partial charge in [-0.05, 0) is 48.9 Å². The number of carbonyl (C=O) groups is 2. The van der Waals surface area contributed by atoms with Crippen LogP contribution in [0.1, 0.15) is 12.5 Å². The minimum Gasteiger partial charge on any atom is -0.326 e. The van der Waals surface area contributed by atoms with E-state index in [-0.39, 0.29) is 10.8 Å². The predicted octanol–water partition coefficient (Wildman–Crippen LogP) is 2.52. The van der Waals surface area contributed by atoms with Crippen LogP contribution in [0.15, 0.2) is 47.4 Å². The smallest absolute Gasteiger partial charge is 0.241 e. The van der Waals surface area contributed by atoms with Crippen molar-refractivity contribution in [1.82, 2.24) is 4.72 Å². The van der Waals surface area contributed by atoms with E-state index in [2.05, 4.69) is 15.4 Å². The molecular weight excluding hydrogens is 378 g/mol. The standard InChI is InChI=1S/C17H18ClN3O4S/c1-11-3-4-13(18)9-16(11)21-17(23)10-19-26(24,25)15-7-5-14(6-8-15)20-12(2)22/h3-9,19H,10H2,1-2H3,(H,20,22)(H,21,23). The van der Waals surface area contributed by atoms with Crippen molar-refractivity contribution in [1.29, 1.82) is 0 Å². The van der Waals surface area contributed by atoms with Crippen molar-refractivity contribution in [3.63, 3.8) is 0 Å². The van der Waals surface area contributed by atoms with Gasteiger partial charge in [-0.2, -0.15) is 0 Å². The van der Waals surface area contributed by atoms with Gasteiger partial charge in [0.25, 0.3) is 0 Å². The lowest BCUT2D eigenvalue weighted by Crippen LogP contribution is -2.33. The first-order chi connectivity index (χ1) is 12.2. The van der Waals surface area contributed by atoms with Crippen LogP contribution in [0.5, 0.6) is 0 Å². The molecule has 0 spiro atoms. The Labute approximate surface area is 156 Å². The molecule has 0 aliphatic carbocycles. The molecule has 2 amide bonds. The first-order valence-electron chi connectivity index (χ1n) is 7.61. The van der Waals surface area contributed by atoms with E-state index in [0.29, 0.717) is 16.4 Å². The average Bonchev–Trinajstić information content (AvgIpc) is 2.56. The molecule has 0 saturated heterocycles. The summed E-state index contributed by atoms with van der Waals surface area (Å²) in [6.45, 7) is 2.72. The highest BCUT2D eigenvalue weighted by Crippen LogP contribution is 2.20. The molecule has 26 heavy (non-hydrogen) atoms. The van der Waals surface area contributed by atoms with E-state index in [1.165, 1.54) is 31.2 Å². The summed E-state index contributed by atoms with van der Waals surface area (Å²) >= 11 is 5.89. The number of amides is 2. The Morgan fingerprint density at radius 2 is 1.69 bits per heavy atom. The highest BCUT2D eigenvalue weighted by Gasteiger charge is 2.16. The van der Waals surface area contributed by atoms with E-state index in [0.717, 1.165) is 5.56 Å². The maximum absolute atomic E-state index is 12.2. The lowest BCUT2D eigenvalue weighted by molar-refractivity contribution is -0.115. The van der Waals surface area contributed by atoms with Crippen molar-refractivity contribution in [3.8, 4) is 0 Å². The van der Waals surface area contributed by atoms with Crippen molar-refractivity contribution < 1.29 is 18.0 Å². The first-order valence-corrected chi connectivity index (χ1v) is 9.47. The third-order valence-electron chi connectivity index (χ3n) is 3.38. The van der Waals surface area contributed by atoms with Crippen molar-refractivity contribution in [2.45, 2.75) is 18.7 Å². The molecule has 0 fully saturated rings. The summed E-state index contributed by atoms with van der Waals surface area (Å²) in [5.74, 6) is -0.777. The van der Waals surface area contributed by atoms with Crippen LogP contribution < -0.4 is 15.4 Å². The molecule has 3 N–H and O–H groups in total. The van der Waals surface area contributed by atoms with E-state index >= 15 is 0 Å². The van der Waals surface area contributed by atoms with Gasteiger partial charge in [-0.25, -0.2) is 13.1 Å². The molecule has 0 saturated carbocycles. The van der Waals surface area contributed by atoms with Crippen LogP contribution in [0.25, 0.3) is 0 Å². The summed E-state index contributed by atoms with van der Waals surface area (Å²) in [5, 5.41) is 5.61. The summed E-state index contributed by atoms with van der Waals surface area (Å²) in [6.07, 6.45) is 0. The van der Waals surface area contributed by atoms with Crippen molar-refractivity contribution in [2.24, 2.45) is 0 Å². The molecule has 0 aliphatic heterocycles. The number of hydrogen-bond acceptors (Lipinski definition) is 4. The quantitative estimate of drug-likeness (QED) is 0.698. The van der Waals surface area contributed by atoms with Gasteiger partial charge in [0.15, 0.2) is 0 Å². The summed E-state index contributed by atoms with van der Waals surface area (Å²) in [7, 11) is -3.86. The molecular formula is C17H18ClN3O4S. The normalized spacial score (nSPS) is 11.0. The molecule has 7 nitrogen and oxygen atoms in total. The van der Waals surface area contributed by atoms with Crippen LogP contribution in [-0.2, 0) is 19.6 Å². The lowest BCUT2D eigenvalue weighted by atomic mass is 10.2. The second-order valence-corrected chi connectivity index (χ2v) is 7.74. The third kappa shape index (κ3) is 5.55. The Kier molecular flexibility index (Phi) is 6.36. The number of halogens is 1. The number of sulfonamides is 1. The average molecular weight is 396 g/mol. The summed E-state index contributed by atoms with van der Waals surface area (Å²) in [6, 6.07) is 10.6. The van der Waals surface area contributed by atoms with Gasteiger partial charge < -0.3 is 10.6 Å². The molecule has 2 aromatic rings. The molecule has 2 aromatic carbocycles. The Balaban J connectivity index is 1.99. The van der Waals surface area contributed by atoms with Crippen molar-refractivity contribution in [2.75, 3.05) is 17.2 Å². The zero-order valence-electron chi connectivity index (χ0n) is 14.2. The lowest BCUT2D eigenvalue weighted by Gasteiger charge is -2.10. The predicted molar refractivity (Wildman–Crippen MR) is 101 cm³/mol. The minimum atomic E-state index is -3.86. The van der Waals surface area contributed by atoms with Crippen LogP contribution in [0.3, 0.4) is 0 Å². The monoisotopic (exact) mass is 395 g/mol. The third-order valence-corrected chi connectivity index (χ3v) is 5.03. The fourth-order valence-electron chi connectivity index (χ4n) is 2.09. The van der Waals surface area contributed by atoms with E-state index in [1.54, 1.807) is 25.1 Å². The Morgan fingerprint density at radius 3 is 2.31 bits per heavy atom. The van der Waals surface area contributed by atoms with Crippen LogP contribution in [-0.4, -0.2) is 26.8 Å². The second kappa shape index (κ2) is 8.31. The zero-order valence-corrected chi connectivity index (χ0v) is 15.7. The summed E-state index contributed by atoms with van der Waals surface area (Å²) in [4.78, 5) is 23.0. The Hall–Kier alpha value is -2.42. The van der Waals surface area contributed by atoms with Gasteiger partial charge >= 0.3 is 0 Å². The van der Waals surface area contributed by atoms with E-state index in [4.69, 9.17) is 11.6 Å².